The van der Waals surface area contributed by atoms with Crippen molar-refractivity contribution in [1.29, 1.82) is 0 Å². The summed E-state index contributed by atoms with van der Waals surface area (Å²) < 4.78 is 2.85. The topological polar surface area (TPSA) is 22.0 Å². The quantitative estimate of drug-likeness (QED) is 0.614. The maximum Gasteiger partial charge on any atom is 0.182 e. The van der Waals surface area contributed by atoms with Crippen molar-refractivity contribution in [3.63, 3.8) is 0 Å². The van der Waals surface area contributed by atoms with Gasteiger partial charge in [0.15, 0.2) is 5.78 Å². The van der Waals surface area contributed by atoms with Crippen LogP contribution in [-0.2, 0) is 6.54 Å². The van der Waals surface area contributed by atoms with E-state index in [1.165, 1.54) is 0 Å². The largest absolute Gasteiger partial charge is 0.338 e. The van der Waals surface area contributed by atoms with E-state index in [4.69, 9.17) is 11.6 Å². The van der Waals surface area contributed by atoms with Crippen LogP contribution in [-0.4, -0.2) is 10.4 Å². The molecule has 0 aliphatic heterocycles. The van der Waals surface area contributed by atoms with Gasteiger partial charge in [0.05, 0.1) is 11.6 Å². The molecule has 2 nitrogen and oxygen atoms in total. The van der Waals surface area contributed by atoms with E-state index >= 15 is 0 Å². The summed E-state index contributed by atoms with van der Waals surface area (Å²) >= 11 is 9.55. The van der Waals surface area contributed by atoms with Crippen LogP contribution in [0.25, 0.3) is 10.9 Å². The molecule has 0 aliphatic carbocycles. The number of nitrogens with zero attached hydrogens (tertiary/aromatic N) is 1. The van der Waals surface area contributed by atoms with Gasteiger partial charge >= 0.3 is 0 Å². The highest BCUT2D eigenvalue weighted by molar-refractivity contribution is 9.10. The molecule has 3 aromatic rings. The Balaban J connectivity index is 1.93. The zero-order valence-corrected chi connectivity index (χ0v) is 12.9. The number of benzene rings is 2. The molecule has 0 saturated carbocycles. The minimum absolute atomic E-state index is 0.0647. The van der Waals surface area contributed by atoms with Gasteiger partial charge in [-0.1, -0.05) is 57.9 Å². The second-order valence-electron chi connectivity index (χ2n) is 4.55. The highest BCUT2D eigenvalue weighted by atomic mass is 79.9. The first-order valence-corrected chi connectivity index (χ1v) is 7.34. The molecule has 100 valence electrons. The maximum absolute atomic E-state index is 12.3. The van der Waals surface area contributed by atoms with Crippen molar-refractivity contribution < 1.29 is 4.79 Å². The molecule has 0 fully saturated rings. The third kappa shape index (κ3) is 2.51. The number of fused-ring (bicyclic) bond motifs is 1. The summed E-state index contributed by atoms with van der Waals surface area (Å²) in [6.45, 7) is 0.287. The van der Waals surface area contributed by atoms with Crippen molar-refractivity contribution in [3.8, 4) is 0 Å². The number of carbonyl (C=O) groups excluding carboxylic acids is 1. The zero-order valence-electron chi connectivity index (χ0n) is 10.5. The Hall–Kier alpha value is -1.58. The van der Waals surface area contributed by atoms with Crippen LogP contribution in [0.15, 0.2) is 59.2 Å². The van der Waals surface area contributed by atoms with Crippen LogP contribution in [0, 0.1) is 0 Å². The number of Topliss-reactive ketones (excluding diaryl/α,β-unsaturated/α-hetero) is 1. The summed E-state index contributed by atoms with van der Waals surface area (Å²) in [4.78, 5) is 12.3. The summed E-state index contributed by atoms with van der Waals surface area (Å²) in [6, 6.07) is 15.2. The fourth-order valence-electron chi connectivity index (χ4n) is 2.21. The van der Waals surface area contributed by atoms with Gasteiger partial charge in [-0.15, -0.1) is 0 Å². The van der Waals surface area contributed by atoms with E-state index < -0.39 is 0 Å². The molecule has 0 aliphatic rings. The third-order valence-corrected chi connectivity index (χ3v) is 4.05. The Morgan fingerprint density at radius 2 is 1.80 bits per heavy atom. The maximum atomic E-state index is 12.3. The van der Waals surface area contributed by atoms with Crippen LogP contribution in [0.1, 0.15) is 10.4 Å². The molecule has 1 heterocycles. The molecule has 0 atom stereocenters. The zero-order chi connectivity index (χ0) is 14.1. The molecule has 0 bridgehead atoms. The summed E-state index contributed by atoms with van der Waals surface area (Å²) in [7, 11) is 0. The molecule has 0 unspecified atom stereocenters. The van der Waals surface area contributed by atoms with Gasteiger partial charge in [0.25, 0.3) is 0 Å². The number of rotatable bonds is 3. The van der Waals surface area contributed by atoms with Gasteiger partial charge in [0.2, 0.25) is 0 Å². The van der Waals surface area contributed by atoms with Crippen LogP contribution in [0.4, 0.5) is 0 Å². The number of ketones is 1. The Morgan fingerprint density at radius 1 is 1.10 bits per heavy atom. The molecule has 0 radical (unpaired) electrons. The lowest BCUT2D eigenvalue weighted by molar-refractivity contribution is 0.0973. The number of para-hydroxylation sites is 1. The van der Waals surface area contributed by atoms with Crippen LogP contribution >= 0.6 is 27.5 Å². The van der Waals surface area contributed by atoms with E-state index in [1.54, 1.807) is 0 Å². The van der Waals surface area contributed by atoms with Crippen molar-refractivity contribution in [1.82, 2.24) is 4.57 Å². The van der Waals surface area contributed by atoms with Crippen LogP contribution in [0.2, 0.25) is 5.02 Å². The van der Waals surface area contributed by atoms with Gasteiger partial charge in [-0.2, -0.15) is 0 Å². The number of hydrogen-bond donors (Lipinski definition) is 0. The first-order valence-electron chi connectivity index (χ1n) is 6.17. The number of halogens is 2. The van der Waals surface area contributed by atoms with E-state index in [0.717, 1.165) is 15.4 Å². The predicted molar refractivity (Wildman–Crippen MR) is 85.4 cm³/mol. The van der Waals surface area contributed by atoms with Gasteiger partial charge in [0.1, 0.15) is 0 Å². The van der Waals surface area contributed by atoms with Gasteiger partial charge in [-0.05, 0) is 18.2 Å². The Bertz CT molecular complexity index is 777. The Labute approximate surface area is 130 Å². The fraction of sp³-hybridized carbons (Fsp3) is 0.0625. The molecule has 1 aromatic heterocycles. The lowest BCUT2D eigenvalue weighted by Crippen LogP contribution is -2.09. The van der Waals surface area contributed by atoms with Crippen molar-refractivity contribution >= 4 is 44.2 Å². The monoisotopic (exact) mass is 347 g/mol. The molecule has 20 heavy (non-hydrogen) atoms. The van der Waals surface area contributed by atoms with Crippen LogP contribution < -0.4 is 0 Å². The second-order valence-corrected chi connectivity index (χ2v) is 5.88. The standard InChI is InChI=1S/C16H11BrClNO/c17-12-7-5-11(6-8-12)16(20)10-19-9-14(18)13-3-1-2-4-15(13)19/h1-9H,10H2. The summed E-state index contributed by atoms with van der Waals surface area (Å²) in [5.74, 6) is 0.0647. The minimum Gasteiger partial charge on any atom is -0.338 e. The molecular weight excluding hydrogens is 338 g/mol. The van der Waals surface area contributed by atoms with Crippen LogP contribution in [0.3, 0.4) is 0 Å². The van der Waals surface area contributed by atoms with Gasteiger partial charge in [0, 0.05) is 27.1 Å². The molecule has 0 amide bonds. The van der Waals surface area contributed by atoms with E-state index in [9.17, 15) is 4.79 Å². The second kappa shape index (κ2) is 5.43. The van der Waals surface area contributed by atoms with Crippen molar-refractivity contribution in [2.24, 2.45) is 0 Å². The SMILES string of the molecule is O=C(Cn1cc(Cl)c2ccccc21)c1ccc(Br)cc1. The number of carbonyl (C=O) groups is 1. The van der Waals surface area contributed by atoms with E-state index in [1.807, 2.05) is 59.3 Å². The summed E-state index contributed by atoms with van der Waals surface area (Å²) in [5.41, 5.74) is 1.67. The Morgan fingerprint density at radius 3 is 2.55 bits per heavy atom. The first kappa shape index (κ1) is 13.4. The van der Waals surface area contributed by atoms with Crippen molar-refractivity contribution in [3.05, 3.63) is 69.8 Å². The lowest BCUT2D eigenvalue weighted by Gasteiger charge is -2.05. The first-order chi connectivity index (χ1) is 9.65. The molecule has 2 aromatic carbocycles. The molecule has 0 N–H and O–H groups in total. The van der Waals surface area contributed by atoms with E-state index in [2.05, 4.69) is 15.9 Å². The van der Waals surface area contributed by atoms with Crippen molar-refractivity contribution in [2.45, 2.75) is 6.54 Å². The normalized spacial score (nSPS) is 10.9. The highest BCUT2D eigenvalue weighted by Gasteiger charge is 2.11. The van der Waals surface area contributed by atoms with Gasteiger partial charge < -0.3 is 4.57 Å². The average molecular weight is 349 g/mol. The third-order valence-electron chi connectivity index (χ3n) is 3.22. The molecule has 4 heteroatoms. The van der Waals surface area contributed by atoms with Gasteiger partial charge in [-0.3, -0.25) is 4.79 Å². The highest BCUT2D eigenvalue weighted by Crippen LogP contribution is 2.25. The molecular formula is C16H11BrClNO. The lowest BCUT2D eigenvalue weighted by atomic mass is 10.1. The van der Waals surface area contributed by atoms with E-state index in [-0.39, 0.29) is 12.3 Å². The fourth-order valence-corrected chi connectivity index (χ4v) is 2.76. The smallest absolute Gasteiger partial charge is 0.182 e. The average Bonchev–Trinajstić information content (AvgIpc) is 2.77. The molecule has 0 saturated heterocycles. The number of aromatic nitrogens is 1. The molecule has 0 spiro atoms. The summed E-state index contributed by atoms with van der Waals surface area (Å²) in [6.07, 6.45) is 1.81. The molecule has 3 rings (SSSR count). The number of hydrogen-bond acceptors (Lipinski definition) is 1. The van der Waals surface area contributed by atoms with Crippen LogP contribution in [0.5, 0.6) is 0 Å². The van der Waals surface area contributed by atoms with E-state index in [0.29, 0.717) is 10.6 Å². The minimum atomic E-state index is 0.0647. The summed E-state index contributed by atoms with van der Waals surface area (Å²) in [5, 5.41) is 1.64. The Kier molecular flexibility index (Phi) is 3.64. The van der Waals surface area contributed by atoms with Gasteiger partial charge in [-0.25, -0.2) is 0 Å². The predicted octanol–water partition coefficient (Wildman–Crippen LogP) is 4.94. The van der Waals surface area contributed by atoms with Crippen molar-refractivity contribution in [2.75, 3.05) is 0 Å².